The molecule has 3 aromatic rings. The van der Waals surface area contributed by atoms with E-state index < -0.39 is 6.04 Å². The molecule has 0 aliphatic carbocycles. The van der Waals surface area contributed by atoms with Crippen LogP contribution in [0.1, 0.15) is 35.6 Å². The number of piperidine rings is 1. The number of nitrogens with zero attached hydrogens (tertiary/aromatic N) is 5. The van der Waals surface area contributed by atoms with Crippen molar-refractivity contribution in [3.8, 4) is 0 Å². The van der Waals surface area contributed by atoms with Gasteiger partial charge in [-0.05, 0) is 31.9 Å². The molecule has 0 saturated carbocycles. The Kier molecular flexibility index (Phi) is 4.50. The van der Waals surface area contributed by atoms with Gasteiger partial charge in [-0.25, -0.2) is 9.67 Å². The molecule has 0 spiro atoms. The Bertz CT molecular complexity index is 928. The van der Waals surface area contributed by atoms with Gasteiger partial charge >= 0.3 is 0 Å². The Morgan fingerprint density at radius 3 is 2.73 bits per heavy atom. The molecule has 3 heterocycles. The lowest BCUT2D eigenvalue weighted by Crippen LogP contribution is -2.43. The summed E-state index contributed by atoms with van der Waals surface area (Å²) >= 11 is 1.38. The summed E-state index contributed by atoms with van der Waals surface area (Å²) in [7, 11) is 0. The van der Waals surface area contributed by atoms with Crippen molar-refractivity contribution in [3.05, 3.63) is 40.8 Å². The van der Waals surface area contributed by atoms with Gasteiger partial charge in [0.15, 0.2) is 10.8 Å². The molecule has 1 saturated heterocycles. The smallest absolute Gasteiger partial charge is 0.247 e. The topological polar surface area (TPSA) is 81.0 Å². The van der Waals surface area contributed by atoms with Gasteiger partial charge in [-0.1, -0.05) is 17.3 Å². The summed E-state index contributed by atoms with van der Waals surface area (Å²) in [5.41, 5.74) is 1.63. The van der Waals surface area contributed by atoms with E-state index in [1.54, 1.807) is 10.9 Å². The molecule has 1 unspecified atom stereocenters. The average molecular weight is 369 g/mol. The van der Waals surface area contributed by atoms with Crippen LogP contribution in [0.15, 0.2) is 35.8 Å². The average Bonchev–Trinajstić information content (AvgIpc) is 3.36. The maximum absolute atomic E-state index is 12.9. The van der Waals surface area contributed by atoms with Gasteiger partial charge in [0.1, 0.15) is 11.6 Å². The van der Waals surface area contributed by atoms with Gasteiger partial charge in [-0.2, -0.15) is 0 Å². The number of hydrogen-bond acceptors (Lipinski definition) is 6. The minimum absolute atomic E-state index is 0.0146. The number of likely N-dealkylation sites (tertiary alicyclic amines) is 1. The number of aromatic nitrogens is 4. The van der Waals surface area contributed by atoms with Gasteiger partial charge in [0, 0.05) is 30.6 Å². The molecule has 7 nitrogen and oxygen atoms in total. The van der Waals surface area contributed by atoms with Crippen molar-refractivity contribution in [1.82, 2.24) is 24.9 Å². The highest BCUT2D eigenvalue weighted by molar-refractivity contribution is 7.11. The first kappa shape index (κ1) is 16.8. The van der Waals surface area contributed by atoms with Crippen LogP contribution in [0, 0.1) is 5.92 Å². The van der Waals surface area contributed by atoms with Crippen molar-refractivity contribution >= 4 is 34.1 Å². The number of para-hydroxylation sites is 1. The van der Waals surface area contributed by atoms with Crippen molar-refractivity contribution in [1.29, 1.82) is 0 Å². The second-order valence-electron chi connectivity index (χ2n) is 6.50. The van der Waals surface area contributed by atoms with E-state index in [4.69, 9.17) is 0 Å². The largest absolute Gasteiger partial charge is 0.341 e. The number of hydrogen-bond donors (Lipinski definition) is 0. The maximum atomic E-state index is 12.9. The molecule has 1 fully saturated rings. The van der Waals surface area contributed by atoms with Crippen LogP contribution in [-0.4, -0.2) is 49.7 Å². The van der Waals surface area contributed by atoms with Crippen LogP contribution < -0.4 is 0 Å². The molecule has 1 amide bonds. The van der Waals surface area contributed by atoms with E-state index in [1.165, 1.54) is 11.3 Å². The van der Waals surface area contributed by atoms with Gasteiger partial charge in [-0.15, -0.1) is 16.4 Å². The second-order valence-corrected chi connectivity index (χ2v) is 7.39. The second kappa shape index (κ2) is 6.95. The summed E-state index contributed by atoms with van der Waals surface area (Å²) in [5, 5.41) is 10.7. The fourth-order valence-corrected chi connectivity index (χ4v) is 4.08. The molecule has 4 rings (SSSR count). The summed E-state index contributed by atoms with van der Waals surface area (Å²) in [5.74, 6) is 0.0657. The zero-order chi connectivity index (χ0) is 18.1. The van der Waals surface area contributed by atoms with Crippen LogP contribution in [0.25, 0.3) is 11.0 Å². The molecule has 0 radical (unpaired) electrons. The lowest BCUT2D eigenvalue weighted by molar-refractivity contribution is -0.135. The van der Waals surface area contributed by atoms with Crippen LogP contribution >= 0.6 is 11.3 Å². The van der Waals surface area contributed by atoms with E-state index in [2.05, 4.69) is 15.3 Å². The SMILES string of the molecule is CC(C(=O)N1CCC(C(=O)c2nccs2)CC1)n1nnc2ccccc21. The highest BCUT2D eigenvalue weighted by atomic mass is 32.1. The number of amides is 1. The number of ketones is 1. The molecule has 1 aliphatic heterocycles. The molecule has 1 atom stereocenters. The maximum Gasteiger partial charge on any atom is 0.247 e. The number of carbonyl (C=O) groups excluding carboxylic acids is 2. The Hall–Kier alpha value is -2.61. The summed E-state index contributed by atoms with van der Waals surface area (Å²) < 4.78 is 1.67. The van der Waals surface area contributed by atoms with Crippen LogP contribution in [0.2, 0.25) is 0 Å². The molecule has 1 aromatic carbocycles. The van der Waals surface area contributed by atoms with Crippen LogP contribution in [0.3, 0.4) is 0 Å². The number of Topliss-reactive ketones (excluding diaryl/α,β-unsaturated/α-hetero) is 1. The minimum Gasteiger partial charge on any atom is -0.341 e. The monoisotopic (exact) mass is 369 g/mol. The predicted molar refractivity (Wildman–Crippen MR) is 98.0 cm³/mol. The Morgan fingerprint density at radius 2 is 2.00 bits per heavy atom. The zero-order valence-corrected chi connectivity index (χ0v) is 15.2. The van der Waals surface area contributed by atoms with Crippen LogP contribution in [-0.2, 0) is 4.79 Å². The number of fused-ring (bicyclic) bond motifs is 1. The van der Waals surface area contributed by atoms with Gasteiger partial charge in [0.05, 0.1) is 5.52 Å². The molecule has 2 aromatic heterocycles. The molecule has 26 heavy (non-hydrogen) atoms. The highest BCUT2D eigenvalue weighted by Gasteiger charge is 2.31. The van der Waals surface area contributed by atoms with Crippen molar-refractivity contribution in [3.63, 3.8) is 0 Å². The van der Waals surface area contributed by atoms with E-state index in [1.807, 2.05) is 41.5 Å². The molecule has 1 aliphatic rings. The first-order valence-corrected chi connectivity index (χ1v) is 9.55. The van der Waals surface area contributed by atoms with Gasteiger partial charge in [-0.3, -0.25) is 9.59 Å². The number of benzene rings is 1. The predicted octanol–water partition coefficient (Wildman–Crippen LogP) is 2.57. The summed E-state index contributed by atoms with van der Waals surface area (Å²) in [6.07, 6.45) is 3.00. The van der Waals surface area contributed by atoms with Crippen molar-refractivity contribution in [2.75, 3.05) is 13.1 Å². The van der Waals surface area contributed by atoms with Gasteiger partial charge < -0.3 is 4.90 Å². The van der Waals surface area contributed by atoms with Gasteiger partial charge in [0.25, 0.3) is 0 Å². The van der Waals surface area contributed by atoms with Crippen LogP contribution in [0.4, 0.5) is 0 Å². The fourth-order valence-electron chi connectivity index (χ4n) is 3.42. The fraction of sp³-hybridized carbons (Fsp3) is 0.389. The third-order valence-electron chi connectivity index (χ3n) is 4.92. The third-order valence-corrected chi connectivity index (χ3v) is 5.71. The lowest BCUT2D eigenvalue weighted by Gasteiger charge is -2.32. The third kappa shape index (κ3) is 3.01. The van der Waals surface area contributed by atoms with E-state index in [0.29, 0.717) is 30.9 Å². The molecule has 134 valence electrons. The zero-order valence-electron chi connectivity index (χ0n) is 14.4. The first-order valence-electron chi connectivity index (χ1n) is 8.67. The summed E-state index contributed by atoms with van der Waals surface area (Å²) in [6, 6.07) is 7.19. The minimum atomic E-state index is -0.423. The molecule has 8 heteroatoms. The molecule has 0 N–H and O–H groups in total. The normalized spacial score (nSPS) is 16.7. The van der Waals surface area contributed by atoms with E-state index in [0.717, 1.165) is 11.0 Å². The van der Waals surface area contributed by atoms with E-state index in [9.17, 15) is 9.59 Å². The quantitative estimate of drug-likeness (QED) is 0.660. The van der Waals surface area contributed by atoms with Crippen molar-refractivity contribution < 1.29 is 9.59 Å². The lowest BCUT2D eigenvalue weighted by atomic mass is 9.92. The Balaban J connectivity index is 1.42. The number of carbonyl (C=O) groups is 2. The van der Waals surface area contributed by atoms with Crippen molar-refractivity contribution in [2.45, 2.75) is 25.8 Å². The molecular weight excluding hydrogens is 350 g/mol. The first-order chi connectivity index (χ1) is 12.6. The Morgan fingerprint density at radius 1 is 1.23 bits per heavy atom. The van der Waals surface area contributed by atoms with Gasteiger partial charge in [0.2, 0.25) is 5.91 Å². The summed E-state index contributed by atoms with van der Waals surface area (Å²) in [6.45, 7) is 3.01. The highest BCUT2D eigenvalue weighted by Crippen LogP contribution is 2.25. The summed E-state index contributed by atoms with van der Waals surface area (Å²) in [4.78, 5) is 31.2. The number of rotatable bonds is 4. The molecule has 0 bridgehead atoms. The molecular formula is C18H19N5O2S. The van der Waals surface area contributed by atoms with E-state index >= 15 is 0 Å². The van der Waals surface area contributed by atoms with Crippen LogP contribution in [0.5, 0.6) is 0 Å². The van der Waals surface area contributed by atoms with Crippen molar-refractivity contribution in [2.24, 2.45) is 5.92 Å². The van der Waals surface area contributed by atoms with E-state index in [-0.39, 0.29) is 17.6 Å². The standard InChI is InChI=1S/C18H19N5O2S/c1-12(23-15-5-3-2-4-14(15)20-21-23)18(25)22-9-6-13(7-10-22)16(24)17-19-8-11-26-17/h2-5,8,11-13H,6-7,9-10H2,1H3. The Labute approximate surface area is 154 Å². The number of thiazole rings is 1.